The van der Waals surface area contributed by atoms with E-state index in [0.29, 0.717) is 5.92 Å². The van der Waals surface area contributed by atoms with Crippen molar-refractivity contribution in [3.8, 4) is 0 Å². The molecular formula is C21H24N2O. The second-order valence-electron chi connectivity index (χ2n) is 6.86. The Labute approximate surface area is 143 Å². The minimum absolute atomic E-state index is 0.333. The molecule has 3 heteroatoms. The van der Waals surface area contributed by atoms with Crippen molar-refractivity contribution in [1.82, 2.24) is 5.16 Å². The van der Waals surface area contributed by atoms with Gasteiger partial charge < -0.3 is 9.42 Å². The van der Waals surface area contributed by atoms with Crippen molar-refractivity contribution < 1.29 is 4.52 Å². The van der Waals surface area contributed by atoms with Gasteiger partial charge in [-0.3, -0.25) is 0 Å². The summed E-state index contributed by atoms with van der Waals surface area (Å²) in [6.45, 7) is 4.52. The van der Waals surface area contributed by atoms with Crippen LogP contribution in [0.15, 0.2) is 53.1 Å². The molecule has 0 radical (unpaired) electrons. The van der Waals surface area contributed by atoms with Crippen molar-refractivity contribution in [2.75, 3.05) is 18.0 Å². The summed E-state index contributed by atoms with van der Waals surface area (Å²) in [7, 11) is 0. The summed E-state index contributed by atoms with van der Waals surface area (Å²) in [5, 5.41) is 5.66. The second-order valence-corrected chi connectivity index (χ2v) is 6.86. The lowest BCUT2D eigenvalue weighted by Crippen LogP contribution is -2.29. The fourth-order valence-electron chi connectivity index (χ4n) is 3.80. The molecule has 4 rings (SSSR count). The predicted octanol–water partition coefficient (Wildman–Crippen LogP) is 5.16. The molecule has 0 aliphatic carbocycles. The zero-order valence-corrected chi connectivity index (χ0v) is 14.2. The summed E-state index contributed by atoms with van der Waals surface area (Å²) in [5.74, 6) is 0.333. The largest absolute Gasteiger partial charge is 0.371 e. The normalized spacial score (nSPS) is 16.5. The van der Waals surface area contributed by atoms with E-state index in [1.807, 2.05) is 6.07 Å². The minimum Gasteiger partial charge on any atom is -0.371 e. The fraction of sp³-hybridized carbons (Fsp3) is 0.381. The van der Waals surface area contributed by atoms with Crippen molar-refractivity contribution in [3.63, 3.8) is 0 Å². The Morgan fingerprint density at radius 3 is 2.58 bits per heavy atom. The van der Waals surface area contributed by atoms with Crippen molar-refractivity contribution >= 4 is 16.7 Å². The Hall–Kier alpha value is -2.29. The molecule has 0 N–H and O–H groups in total. The molecule has 1 fully saturated rings. The molecule has 1 aliphatic heterocycles. The lowest BCUT2D eigenvalue weighted by atomic mass is 9.95. The van der Waals surface area contributed by atoms with E-state index in [0.717, 1.165) is 30.8 Å². The summed E-state index contributed by atoms with van der Waals surface area (Å²) in [6, 6.07) is 17.0. The highest BCUT2D eigenvalue weighted by atomic mass is 16.5. The van der Waals surface area contributed by atoms with Gasteiger partial charge in [0, 0.05) is 24.7 Å². The van der Waals surface area contributed by atoms with Crippen LogP contribution in [0.25, 0.3) is 11.0 Å². The standard InChI is InChI=1S/C21H24N2O/c1-16(15-17-9-4-2-5-10-17)21-20-18(23-13-6-3-7-14-23)11-8-12-19(20)24-22-21/h2,4-5,8-12,16H,3,6-7,13-15H2,1H3. The molecule has 124 valence electrons. The zero-order chi connectivity index (χ0) is 16.4. The first kappa shape index (κ1) is 15.3. The van der Waals surface area contributed by atoms with E-state index in [4.69, 9.17) is 4.52 Å². The minimum atomic E-state index is 0.333. The van der Waals surface area contributed by atoms with E-state index in [1.165, 1.54) is 35.9 Å². The summed E-state index contributed by atoms with van der Waals surface area (Å²) in [6.07, 6.45) is 4.87. The number of hydrogen-bond acceptors (Lipinski definition) is 3. The monoisotopic (exact) mass is 320 g/mol. The number of fused-ring (bicyclic) bond motifs is 1. The smallest absolute Gasteiger partial charge is 0.169 e. The zero-order valence-electron chi connectivity index (χ0n) is 14.2. The molecule has 2 heterocycles. The quantitative estimate of drug-likeness (QED) is 0.664. The van der Waals surface area contributed by atoms with Crippen LogP contribution in [0.1, 0.15) is 43.4 Å². The lowest BCUT2D eigenvalue weighted by molar-refractivity contribution is 0.439. The van der Waals surface area contributed by atoms with Gasteiger partial charge in [0.2, 0.25) is 0 Å². The Morgan fingerprint density at radius 1 is 1.00 bits per heavy atom. The van der Waals surface area contributed by atoms with Gasteiger partial charge >= 0.3 is 0 Å². The average Bonchev–Trinajstić information content (AvgIpc) is 3.07. The van der Waals surface area contributed by atoms with E-state index in [1.54, 1.807) is 0 Å². The Balaban J connectivity index is 1.70. The Kier molecular flexibility index (Phi) is 4.24. The van der Waals surface area contributed by atoms with Crippen LogP contribution in [-0.2, 0) is 6.42 Å². The Morgan fingerprint density at radius 2 is 1.79 bits per heavy atom. The molecule has 1 saturated heterocycles. The highest BCUT2D eigenvalue weighted by molar-refractivity contribution is 5.93. The molecule has 1 unspecified atom stereocenters. The van der Waals surface area contributed by atoms with Gasteiger partial charge in [0.25, 0.3) is 0 Å². The number of benzene rings is 2. The first-order valence-electron chi connectivity index (χ1n) is 9.00. The van der Waals surface area contributed by atoms with Gasteiger partial charge in [-0.1, -0.05) is 48.5 Å². The highest BCUT2D eigenvalue weighted by Crippen LogP contribution is 2.35. The van der Waals surface area contributed by atoms with Crippen molar-refractivity contribution in [2.24, 2.45) is 0 Å². The molecule has 1 atom stereocenters. The van der Waals surface area contributed by atoms with Crippen LogP contribution < -0.4 is 4.90 Å². The van der Waals surface area contributed by atoms with Crippen LogP contribution in [0.2, 0.25) is 0 Å². The van der Waals surface area contributed by atoms with E-state index < -0.39 is 0 Å². The molecule has 3 aromatic rings. The van der Waals surface area contributed by atoms with Crippen molar-refractivity contribution in [3.05, 3.63) is 59.8 Å². The SMILES string of the molecule is CC(Cc1ccccc1)c1noc2cccc(N3CCCCC3)c12. The number of aromatic nitrogens is 1. The summed E-state index contributed by atoms with van der Waals surface area (Å²) in [4.78, 5) is 2.50. The van der Waals surface area contributed by atoms with Crippen molar-refractivity contribution in [1.29, 1.82) is 0 Å². The number of piperidine rings is 1. The molecule has 0 saturated carbocycles. The summed E-state index contributed by atoms with van der Waals surface area (Å²) in [5.41, 5.74) is 4.64. The van der Waals surface area contributed by atoms with Gasteiger partial charge in [0.15, 0.2) is 5.58 Å². The number of rotatable bonds is 4. The molecule has 0 bridgehead atoms. The average molecular weight is 320 g/mol. The molecule has 0 spiro atoms. The first-order chi connectivity index (χ1) is 11.8. The van der Waals surface area contributed by atoms with Crippen LogP contribution >= 0.6 is 0 Å². The maximum Gasteiger partial charge on any atom is 0.169 e. The third kappa shape index (κ3) is 2.91. The second kappa shape index (κ2) is 6.68. The Bertz CT molecular complexity index is 803. The molecular weight excluding hydrogens is 296 g/mol. The van der Waals surface area contributed by atoms with Crippen LogP contribution in [-0.4, -0.2) is 18.2 Å². The molecule has 1 aromatic heterocycles. The molecule has 0 amide bonds. The highest BCUT2D eigenvalue weighted by Gasteiger charge is 2.22. The topological polar surface area (TPSA) is 29.3 Å². The van der Waals surface area contributed by atoms with Gasteiger partial charge in [-0.05, 0) is 43.4 Å². The van der Waals surface area contributed by atoms with Crippen molar-refractivity contribution in [2.45, 2.75) is 38.5 Å². The predicted molar refractivity (Wildman–Crippen MR) is 98.6 cm³/mol. The van der Waals surface area contributed by atoms with Gasteiger partial charge in [-0.2, -0.15) is 0 Å². The number of nitrogens with zero attached hydrogens (tertiary/aromatic N) is 2. The van der Waals surface area contributed by atoms with Crippen LogP contribution in [0.3, 0.4) is 0 Å². The van der Waals surface area contributed by atoms with Gasteiger partial charge in [-0.25, -0.2) is 0 Å². The van der Waals surface area contributed by atoms with Crippen LogP contribution in [0.4, 0.5) is 5.69 Å². The first-order valence-corrected chi connectivity index (χ1v) is 9.00. The maximum atomic E-state index is 5.66. The number of anilines is 1. The third-order valence-corrected chi connectivity index (χ3v) is 5.05. The fourth-order valence-corrected chi connectivity index (χ4v) is 3.80. The van der Waals surface area contributed by atoms with Gasteiger partial charge in [-0.15, -0.1) is 0 Å². The van der Waals surface area contributed by atoms with Gasteiger partial charge in [0.05, 0.1) is 11.1 Å². The molecule has 2 aromatic carbocycles. The van der Waals surface area contributed by atoms with E-state index >= 15 is 0 Å². The van der Waals surface area contributed by atoms with Gasteiger partial charge in [0.1, 0.15) is 0 Å². The molecule has 3 nitrogen and oxygen atoms in total. The molecule has 1 aliphatic rings. The van der Waals surface area contributed by atoms with E-state index in [-0.39, 0.29) is 0 Å². The third-order valence-electron chi connectivity index (χ3n) is 5.05. The summed E-state index contributed by atoms with van der Waals surface area (Å²) >= 11 is 0. The van der Waals surface area contributed by atoms with E-state index in [2.05, 4.69) is 59.4 Å². The maximum absolute atomic E-state index is 5.66. The lowest BCUT2D eigenvalue weighted by Gasteiger charge is -2.29. The van der Waals surface area contributed by atoms with Crippen LogP contribution in [0.5, 0.6) is 0 Å². The molecule has 24 heavy (non-hydrogen) atoms. The summed E-state index contributed by atoms with van der Waals surface area (Å²) < 4.78 is 5.66. The van der Waals surface area contributed by atoms with Crippen LogP contribution in [0, 0.1) is 0 Å². The van der Waals surface area contributed by atoms with E-state index in [9.17, 15) is 0 Å². The number of hydrogen-bond donors (Lipinski definition) is 0.